The zero-order valence-corrected chi connectivity index (χ0v) is 26.5. The lowest BCUT2D eigenvalue weighted by Crippen LogP contribution is -2.40. The van der Waals surface area contributed by atoms with Gasteiger partial charge in [-0.15, -0.1) is 0 Å². The Morgan fingerprint density at radius 2 is 1.60 bits per heavy atom. The maximum atomic E-state index is 10.8. The van der Waals surface area contributed by atoms with Crippen molar-refractivity contribution in [3.8, 4) is 17.4 Å². The van der Waals surface area contributed by atoms with Crippen LogP contribution in [-0.4, -0.2) is 28.0 Å². The fourth-order valence-electron chi connectivity index (χ4n) is 7.01. The average Bonchev–Trinajstić information content (AvgIpc) is 3.40. The highest BCUT2D eigenvalue weighted by atomic mass is 16.5. The molecule has 6 rings (SSSR count). The standard InChI is InChI=1S/C37H43N3O2/c1-21-14-23(3)33(24(4)15-21)40-29-12-13-37(8,9)34(29)39-35(40)26-16-22(2)17-28(19-26)42-31-11-10-25-18-27(36(5,6)7)20-30(41)32(25)38-31/h10-11,14-20,29,34,41H,12-13H2,1-9H3/t29-,34-/m1/s1. The zero-order chi connectivity index (χ0) is 30.1. The molecule has 0 spiro atoms. The van der Waals surface area contributed by atoms with Crippen LogP contribution in [0.25, 0.3) is 10.9 Å². The van der Waals surface area contributed by atoms with Crippen molar-refractivity contribution in [3.63, 3.8) is 0 Å². The predicted octanol–water partition coefficient (Wildman–Crippen LogP) is 9.09. The summed E-state index contributed by atoms with van der Waals surface area (Å²) in [5, 5.41) is 11.7. The Labute approximate surface area is 250 Å². The van der Waals surface area contributed by atoms with E-state index in [-0.39, 0.29) is 22.6 Å². The largest absolute Gasteiger partial charge is 0.506 e. The van der Waals surface area contributed by atoms with Crippen molar-refractivity contribution in [1.29, 1.82) is 0 Å². The Kier molecular flexibility index (Phi) is 6.64. The van der Waals surface area contributed by atoms with Gasteiger partial charge >= 0.3 is 0 Å². The minimum Gasteiger partial charge on any atom is -0.506 e. The maximum Gasteiger partial charge on any atom is 0.219 e. The molecule has 1 aliphatic carbocycles. The summed E-state index contributed by atoms with van der Waals surface area (Å²) in [6.45, 7) is 19.8. The lowest BCUT2D eigenvalue weighted by Gasteiger charge is -2.32. The smallest absolute Gasteiger partial charge is 0.219 e. The van der Waals surface area contributed by atoms with E-state index in [1.165, 1.54) is 28.8 Å². The SMILES string of the molecule is Cc1cc(Oc2ccc3cc(C(C)(C)C)cc(O)c3n2)cc(C2=N[C@@H]3[C@@H](CCC3(C)C)N2c2c(C)cc(C)cc2C)c1. The number of rotatable bonds is 4. The molecule has 2 atom stereocenters. The van der Waals surface area contributed by atoms with Gasteiger partial charge in [0.15, 0.2) is 0 Å². The highest BCUT2D eigenvalue weighted by Crippen LogP contribution is 2.48. The first kappa shape index (κ1) is 28.3. The molecular formula is C37H43N3O2. The van der Waals surface area contributed by atoms with Crippen molar-refractivity contribution in [3.05, 3.63) is 88.0 Å². The van der Waals surface area contributed by atoms with Crippen LogP contribution >= 0.6 is 0 Å². The number of anilines is 1. The number of aryl methyl sites for hydroxylation is 4. The van der Waals surface area contributed by atoms with Crippen molar-refractivity contribution in [1.82, 2.24) is 4.98 Å². The molecule has 0 radical (unpaired) electrons. The van der Waals surface area contributed by atoms with Crippen LogP contribution in [0.3, 0.4) is 0 Å². The van der Waals surface area contributed by atoms with Gasteiger partial charge in [-0.1, -0.05) is 52.3 Å². The maximum absolute atomic E-state index is 10.8. The van der Waals surface area contributed by atoms with Gasteiger partial charge in [0.1, 0.15) is 22.9 Å². The topological polar surface area (TPSA) is 58.0 Å². The highest BCUT2D eigenvalue weighted by Gasteiger charge is 2.50. The third kappa shape index (κ3) is 4.93. The third-order valence-electron chi connectivity index (χ3n) is 9.09. The Balaban J connectivity index is 1.40. The summed E-state index contributed by atoms with van der Waals surface area (Å²) in [4.78, 5) is 12.7. The van der Waals surface area contributed by atoms with E-state index in [9.17, 15) is 5.11 Å². The Morgan fingerprint density at radius 1 is 0.905 bits per heavy atom. The molecule has 1 fully saturated rings. The van der Waals surface area contributed by atoms with E-state index in [0.29, 0.717) is 23.2 Å². The Hall–Kier alpha value is -3.86. The van der Waals surface area contributed by atoms with Crippen LogP contribution in [0.5, 0.6) is 17.4 Å². The number of aromatic hydroxyl groups is 1. The molecule has 5 heteroatoms. The van der Waals surface area contributed by atoms with Gasteiger partial charge in [0, 0.05) is 22.7 Å². The third-order valence-corrected chi connectivity index (χ3v) is 9.09. The van der Waals surface area contributed by atoms with Gasteiger partial charge in [0.25, 0.3) is 0 Å². The number of ether oxygens (including phenoxy) is 1. The number of amidine groups is 1. The van der Waals surface area contributed by atoms with E-state index < -0.39 is 0 Å². The van der Waals surface area contributed by atoms with Crippen LogP contribution < -0.4 is 9.64 Å². The first-order valence-electron chi connectivity index (χ1n) is 15.1. The van der Waals surface area contributed by atoms with Crippen molar-refractivity contribution in [2.75, 3.05) is 4.90 Å². The number of hydrogen-bond acceptors (Lipinski definition) is 5. The highest BCUT2D eigenvalue weighted by molar-refractivity contribution is 6.13. The van der Waals surface area contributed by atoms with E-state index >= 15 is 0 Å². The molecule has 4 aromatic rings. The summed E-state index contributed by atoms with van der Waals surface area (Å²) in [5.41, 5.74) is 8.95. The quantitative estimate of drug-likeness (QED) is 0.270. The molecule has 0 bridgehead atoms. The van der Waals surface area contributed by atoms with Crippen molar-refractivity contribution < 1.29 is 9.84 Å². The van der Waals surface area contributed by atoms with Gasteiger partial charge in [0.2, 0.25) is 5.88 Å². The molecule has 1 aliphatic heterocycles. The van der Waals surface area contributed by atoms with Crippen LogP contribution in [0.1, 0.15) is 80.8 Å². The predicted molar refractivity (Wildman–Crippen MR) is 174 cm³/mol. The number of benzene rings is 3. The zero-order valence-electron chi connectivity index (χ0n) is 26.5. The van der Waals surface area contributed by atoms with Crippen molar-refractivity contribution in [2.45, 2.75) is 92.7 Å². The number of nitrogens with zero attached hydrogens (tertiary/aromatic N) is 3. The molecule has 3 aromatic carbocycles. The lowest BCUT2D eigenvalue weighted by atomic mass is 9.86. The summed E-state index contributed by atoms with van der Waals surface area (Å²) >= 11 is 0. The van der Waals surface area contributed by atoms with Crippen LogP contribution in [-0.2, 0) is 5.41 Å². The van der Waals surface area contributed by atoms with Gasteiger partial charge in [-0.05, 0) is 110 Å². The molecule has 2 aliphatic rings. The number of pyridine rings is 1. The normalized spacial score (nSPS) is 19.7. The number of aliphatic imine (C=N–C) groups is 1. The Bertz CT molecular complexity index is 1720. The monoisotopic (exact) mass is 561 g/mol. The summed E-state index contributed by atoms with van der Waals surface area (Å²) in [7, 11) is 0. The fourth-order valence-corrected chi connectivity index (χ4v) is 7.01. The summed E-state index contributed by atoms with van der Waals surface area (Å²) in [6.07, 6.45) is 2.29. The second kappa shape index (κ2) is 9.86. The van der Waals surface area contributed by atoms with Crippen molar-refractivity contribution in [2.24, 2.45) is 10.4 Å². The molecule has 218 valence electrons. The molecule has 0 unspecified atom stereocenters. The molecule has 0 amide bonds. The summed E-state index contributed by atoms with van der Waals surface area (Å²) in [5.74, 6) is 2.34. The van der Waals surface area contributed by atoms with Gasteiger partial charge in [0.05, 0.1) is 12.1 Å². The average molecular weight is 562 g/mol. The number of fused-ring (bicyclic) bond motifs is 2. The first-order chi connectivity index (χ1) is 19.7. The summed E-state index contributed by atoms with van der Waals surface area (Å²) in [6, 6.07) is 19.2. The van der Waals surface area contributed by atoms with E-state index in [2.05, 4.69) is 97.5 Å². The van der Waals surface area contributed by atoms with E-state index in [4.69, 9.17) is 14.7 Å². The fraction of sp³-hybridized carbons (Fsp3) is 0.405. The van der Waals surface area contributed by atoms with E-state index in [0.717, 1.165) is 34.3 Å². The molecular weight excluding hydrogens is 518 g/mol. The van der Waals surface area contributed by atoms with Crippen LogP contribution in [0.4, 0.5) is 5.69 Å². The van der Waals surface area contributed by atoms with Gasteiger partial charge < -0.3 is 14.7 Å². The number of phenolic OH excluding ortho intramolecular Hbond substituents is 1. The van der Waals surface area contributed by atoms with Gasteiger partial charge in [-0.2, -0.15) is 0 Å². The molecule has 1 N–H and O–H groups in total. The lowest BCUT2D eigenvalue weighted by molar-refractivity contribution is 0.332. The number of aromatic nitrogens is 1. The molecule has 42 heavy (non-hydrogen) atoms. The first-order valence-corrected chi connectivity index (χ1v) is 15.1. The number of phenols is 1. The molecule has 0 saturated heterocycles. The van der Waals surface area contributed by atoms with Crippen LogP contribution in [0.15, 0.2) is 59.6 Å². The minimum absolute atomic E-state index is 0.0704. The molecule has 1 saturated carbocycles. The number of hydrogen-bond donors (Lipinski definition) is 1. The van der Waals surface area contributed by atoms with Crippen molar-refractivity contribution >= 4 is 22.4 Å². The summed E-state index contributed by atoms with van der Waals surface area (Å²) < 4.78 is 6.36. The molecule has 5 nitrogen and oxygen atoms in total. The second-order valence-electron chi connectivity index (χ2n) is 14.2. The van der Waals surface area contributed by atoms with Crippen LogP contribution in [0, 0.1) is 33.1 Å². The molecule has 2 heterocycles. The second-order valence-corrected chi connectivity index (χ2v) is 14.2. The van der Waals surface area contributed by atoms with Crippen LogP contribution in [0.2, 0.25) is 0 Å². The van der Waals surface area contributed by atoms with Gasteiger partial charge in [-0.3, -0.25) is 4.99 Å². The Morgan fingerprint density at radius 3 is 2.29 bits per heavy atom. The molecule has 1 aromatic heterocycles. The minimum atomic E-state index is -0.0704. The van der Waals surface area contributed by atoms with E-state index in [1.807, 2.05) is 24.3 Å². The van der Waals surface area contributed by atoms with Gasteiger partial charge in [-0.25, -0.2) is 4.98 Å². The van der Waals surface area contributed by atoms with E-state index in [1.54, 1.807) is 0 Å².